The molecule has 3 N–H and O–H groups in total. The lowest BCUT2D eigenvalue weighted by molar-refractivity contribution is -0.125. The van der Waals surface area contributed by atoms with Crippen LogP contribution in [0.1, 0.15) is 21.9 Å². The monoisotopic (exact) mass is 368 g/mol. The largest absolute Gasteiger partial charge is 0.357 e. The van der Waals surface area contributed by atoms with E-state index in [4.69, 9.17) is 0 Å². The number of hydrogen-bond acceptors (Lipinski definition) is 6. The molecule has 0 aliphatic carbocycles. The summed E-state index contributed by atoms with van der Waals surface area (Å²) >= 11 is 0. The van der Waals surface area contributed by atoms with Crippen LogP contribution in [0.15, 0.2) is 30.3 Å². The van der Waals surface area contributed by atoms with E-state index in [-0.39, 0.29) is 11.8 Å². The first-order valence-corrected chi connectivity index (χ1v) is 8.90. The summed E-state index contributed by atoms with van der Waals surface area (Å²) in [6.07, 6.45) is 0. The van der Waals surface area contributed by atoms with E-state index in [1.807, 2.05) is 32.0 Å². The van der Waals surface area contributed by atoms with E-state index in [1.165, 1.54) is 0 Å². The number of nitrogens with zero attached hydrogens (tertiary/aromatic N) is 3. The van der Waals surface area contributed by atoms with Crippen LogP contribution in [0.25, 0.3) is 0 Å². The number of likely N-dealkylation sites (N-methyl/N-ethyl adjacent to an activating group) is 1. The van der Waals surface area contributed by atoms with Gasteiger partial charge in [-0.2, -0.15) is 0 Å². The summed E-state index contributed by atoms with van der Waals surface area (Å²) in [5.74, 6) is 1.02. The summed E-state index contributed by atoms with van der Waals surface area (Å²) in [6, 6.07) is 8.55. The first-order valence-electron chi connectivity index (χ1n) is 8.90. The highest BCUT2D eigenvalue weighted by atomic mass is 16.2. The zero-order chi connectivity index (χ0) is 19.4. The van der Waals surface area contributed by atoms with Gasteiger partial charge < -0.3 is 20.9 Å². The summed E-state index contributed by atoms with van der Waals surface area (Å²) in [5.41, 5.74) is 2.15. The fraction of sp³-hybridized carbons (Fsp3) is 0.368. The van der Waals surface area contributed by atoms with Gasteiger partial charge in [-0.3, -0.25) is 9.59 Å². The molecule has 0 radical (unpaired) electrons. The van der Waals surface area contributed by atoms with Gasteiger partial charge in [-0.1, -0.05) is 6.07 Å². The Balaban J connectivity index is 1.81. The van der Waals surface area contributed by atoms with Crippen LogP contribution in [0.2, 0.25) is 0 Å². The molecular weight excluding hydrogens is 344 g/mol. The highest BCUT2D eigenvalue weighted by molar-refractivity contribution is 5.98. The molecule has 0 saturated carbocycles. The van der Waals surface area contributed by atoms with Crippen LogP contribution in [0, 0.1) is 13.8 Å². The van der Waals surface area contributed by atoms with Gasteiger partial charge in [-0.25, -0.2) is 9.97 Å². The van der Waals surface area contributed by atoms with Crippen LogP contribution >= 0.6 is 0 Å². The van der Waals surface area contributed by atoms with Crippen LogP contribution in [0.4, 0.5) is 11.5 Å². The average molecular weight is 368 g/mol. The molecule has 27 heavy (non-hydrogen) atoms. The molecule has 1 aliphatic rings. The number of rotatable bonds is 4. The minimum atomic E-state index is -0.514. The Labute approximate surface area is 158 Å². The van der Waals surface area contributed by atoms with Gasteiger partial charge in [0.25, 0.3) is 5.91 Å². The van der Waals surface area contributed by atoms with Gasteiger partial charge in [0.05, 0.1) is 0 Å². The third-order valence-corrected chi connectivity index (χ3v) is 4.40. The number of aromatic nitrogens is 2. The molecule has 1 atom stereocenters. The average Bonchev–Trinajstić information content (AvgIpc) is 2.66. The van der Waals surface area contributed by atoms with Crippen molar-refractivity contribution in [3.05, 3.63) is 47.4 Å². The molecule has 0 spiro atoms. The Morgan fingerprint density at radius 1 is 1.22 bits per heavy atom. The Morgan fingerprint density at radius 2 is 2.04 bits per heavy atom. The molecular formula is C19H24N6O2. The van der Waals surface area contributed by atoms with Gasteiger partial charge >= 0.3 is 0 Å². The lowest BCUT2D eigenvalue weighted by Gasteiger charge is -2.35. The number of piperazine rings is 1. The molecule has 1 aromatic carbocycles. The van der Waals surface area contributed by atoms with Crippen molar-refractivity contribution >= 4 is 23.3 Å². The number of carbonyl (C=O) groups excluding carboxylic acids is 2. The van der Waals surface area contributed by atoms with Gasteiger partial charge in [-0.15, -0.1) is 0 Å². The second-order valence-electron chi connectivity index (χ2n) is 6.48. The Hall–Kier alpha value is -3.00. The van der Waals surface area contributed by atoms with E-state index in [0.717, 1.165) is 11.4 Å². The first-order chi connectivity index (χ1) is 13.0. The highest BCUT2D eigenvalue weighted by Gasteiger charge is 2.32. The molecule has 3 rings (SSSR count). The van der Waals surface area contributed by atoms with Crippen molar-refractivity contribution in [1.82, 2.24) is 25.5 Å². The second-order valence-corrected chi connectivity index (χ2v) is 6.48. The van der Waals surface area contributed by atoms with E-state index in [9.17, 15) is 9.59 Å². The van der Waals surface area contributed by atoms with Crippen molar-refractivity contribution in [3.8, 4) is 0 Å². The number of hydrogen-bond donors (Lipinski definition) is 3. The van der Waals surface area contributed by atoms with Gasteiger partial charge in [0, 0.05) is 49.7 Å². The van der Waals surface area contributed by atoms with Crippen LogP contribution in [0.5, 0.6) is 0 Å². The topological polar surface area (TPSA) is 99.2 Å². The molecule has 1 aromatic heterocycles. The maximum atomic E-state index is 13.0. The molecule has 1 fully saturated rings. The Kier molecular flexibility index (Phi) is 5.66. The van der Waals surface area contributed by atoms with Crippen molar-refractivity contribution < 1.29 is 9.59 Å². The third kappa shape index (κ3) is 4.40. The quantitative estimate of drug-likeness (QED) is 0.745. The summed E-state index contributed by atoms with van der Waals surface area (Å²) in [7, 11) is 1.58. The zero-order valence-electron chi connectivity index (χ0n) is 15.7. The molecule has 2 amide bonds. The van der Waals surface area contributed by atoms with Gasteiger partial charge in [0.15, 0.2) is 0 Å². The Bertz CT molecular complexity index is 834. The summed E-state index contributed by atoms with van der Waals surface area (Å²) in [4.78, 5) is 35.4. The smallest absolute Gasteiger partial charge is 0.254 e. The minimum absolute atomic E-state index is 0.163. The molecule has 2 heterocycles. The number of amides is 2. The van der Waals surface area contributed by atoms with Crippen LogP contribution < -0.4 is 16.0 Å². The molecule has 8 nitrogen and oxygen atoms in total. The fourth-order valence-corrected chi connectivity index (χ4v) is 3.17. The van der Waals surface area contributed by atoms with Gasteiger partial charge in [0.1, 0.15) is 17.7 Å². The molecule has 0 bridgehead atoms. The van der Waals surface area contributed by atoms with Crippen molar-refractivity contribution in [2.45, 2.75) is 19.9 Å². The number of benzene rings is 1. The van der Waals surface area contributed by atoms with Crippen LogP contribution in [-0.2, 0) is 4.79 Å². The lowest BCUT2D eigenvalue weighted by Crippen LogP contribution is -2.59. The lowest BCUT2D eigenvalue weighted by atomic mass is 10.1. The molecule has 0 unspecified atom stereocenters. The predicted molar refractivity (Wildman–Crippen MR) is 103 cm³/mol. The molecule has 1 saturated heterocycles. The van der Waals surface area contributed by atoms with Crippen LogP contribution in [-0.4, -0.2) is 59.4 Å². The van der Waals surface area contributed by atoms with E-state index in [2.05, 4.69) is 25.9 Å². The highest BCUT2D eigenvalue weighted by Crippen LogP contribution is 2.19. The Morgan fingerprint density at radius 3 is 2.78 bits per heavy atom. The third-order valence-electron chi connectivity index (χ3n) is 4.40. The van der Waals surface area contributed by atoms with Crippen molar-refractivity contribution in [2.24, 2.45) is 0 Å². The normalized spacial score (nSPS) is 16.7. The predicted octanol–water partition coefficient (Wildman–Crippen LogP) is 0.997. The molecule has 2 aromatic rings. The summed E-state index contributed by atoms with van der Waals surface area (Å²) in [5, 5.41) is 9.00. The van der Waals surface area contributed by atoms with Crippen LogP contribution in [0.3, 0.4) is 0 Å². The SMILES string of the molecule is CNC(=O)[C@H]1CNCCN1C(=O)c1cccc(Nc2cc(C)nc(C)n2)c1. The fourth-order valence-electron chi connectivity index (χ4n) is 3.17. The van der Waals surface area contributed by atoms with Crippen molar-refractivity contribution in [2.75, 3.05) is 32.0 Å². The first kappa shape index (κ1) is 18.8. The van der Waals surface area contributed by atoms with Crippen molar-refractivity contribution in [3.63, 3.8) is 0 Å². The minimum Gasteiger partial charge on any atom is -0.357 e. The number of carbonyl (C=O) groups is 2. The number of anilines is 2. The molecule has 142 valence electrons. The standard InChI is InChI=1S/C19H24N6O2/c1-12-9-17(23-13(2)22-12)24-15-6-4-5-14(10-15)19(27)25-8-7-21-11-16(25)18(26)20-3/h4-6,9-10,16,21H,7-8,11H2,1-3H3,(H,20,26)(H,22,23,24)/t16-/m1/s1. The van der Waals surface area contributed by atoms with Gasteiger partial charge in [-0.05, 0) is 32.0 Å². The molecule has 8 heteroatoms. The van der Waals surface area contributed by atoms with Crippen molar-refractivity contribution in [1.29, 1.82) is 0 Å². The van der Waals surface area contributed by atoms with Gasteiger partial charge in [0.2, 0.25) is 5.91 Å². The molecule has 1 aliphatic heterocycles. The van der Waals surface area contributed by atoms with E-state index in [0.29, 0.717) is 36.8 Å². The zero-order valence-corrected chi connectivity index (χ0v) is 15.7. The number of aryl methyl sites for hydroxylation is 2. The van der Waals surface area contributed by atoms with E-state index >= 15 is 0 Å². The maximum Gasteiger partial charge on any atom is 0.254 e. The summed E-state index contributed by atoms with van der Waals surface area (Å²) in [6.45, 7) is 5.34. The summed E-state index contributed by atoms with van der Waals surface area (Å²) < 4.78 is 0. The second kappa shape index (κ2) is 8.13. The number of nitrogens with one attached hydrogen (secondary N) is 3. The van der Waals surface area contributed by atoms with E-state index < -0.39 is 6.04 Å². The van der Waals surface area contributed by atoms with E-state index in [1.54, 1.807) is 24.1 Å². The maximum absolute atomic E-state index is 13.0.